The fourth-order valence-electron chi connectivity index (χ4n) is 1.60. The Kier molecular flexibility index (Phi) is 4.49. The summed E-state index contributed by atoms with van der Waals surface area (Å²) in [5, 5.41) is 12.0. The molecular formula is C12H18N2O4. The van der Waals surface area contributed by atoms with Crippen LogP contribution in [0.5, 0.6) is 0 Å². The number of aromatic nitrogens is 1. The molecule has 3 N–H and O–H groups in total. The van der Waals surface area contributed by atoms with Crippen LogP contribution < -0.4 is 5.32 Å². The van der Waals surface area contributed by atoms with E-state index < -0.39 is 11.4 Å². The van der Waals surface area contributed by atoms with Gasteiger partial charge in [-0.25, -0.2) is 4.79 Å². The van der Waals surface area contributed by atoms with Crippen molar-refractivity contribution in [3.8, 4) is 0 Å². The predicted molar refractivity (Wildman–Crippen MR) is 65.3 cm³/mol. The summed E-state index contributed by atoms with van der Waals surface area (Å²) < 4.78 is 4.68. The number of methoxy groups -OCH3 is 1. The highest BCUT2D eigenvalue weighted by atomic mass is 16.5. The molecule has 6 nitrogen and oxygen atoms in total. The fraction of sp³-hybridized carbons (Fsp3) is 0.500. The van der Waals surface area contributed by atoms with Crippen molar-refractivity contribution in [2.45, 2.75) is 20.4 Å². The van der Waals surface area contributed by atoms with E-state index in [0.29, 0.717) is 18.8 Å². The molecule has 18 heavy (non-hydrogen) atoms. The molecule has 0 atom stereocenters. The van der Waals surface area contributed by atoms with Crippen molar-refractivity contribution < 1.29 is 19.4 Å². The maximum absolute atomic E-state index is 11.4. The molecule has 0 saturated carbocycles. The molecule has 0 aromatic carbocycles. The summed E-state index contributed by atoms with van der Waals surface area (Å²) in [5.41, 5.74) is 0.173. The van der Waals surface area contributed by atoms with Crippen LogP contribution in [-0.2, 0) is 16.1 Å². The molecule has 0 aliphatic carbocycles. The number of carboxylic acid groups (broad SMARTS) is 1. The molecule has 0 fully saturated rings. The molecule has 0 spiro atoms. The standard InChI is InChI=1S/C12H18N2O4/c1-12(2,11(17)18-3)7-13-6-9-8(10(15)16)4-5-14-9/h4-5,13-14H,6-7H2,1-3H3,(H,15,16). The van der Waals surface area contributed by atoms with Gasteiger partial charge in [0.1, 0.15) is 0 Å². The normalized spacial score (nSPS) is 11.3. The van der Waals surface area contributed by atoms with Gasteiger partial charge in [0.05, 0.1) is 18.1 Å². The first-order valence-corrected chi connectivity index (χ1v) is 5.57. The van der Waals surface area contributed by atoms with Crippen LogP contribution in [0, 0.1) is 5.41 Å². The topological polar surface area (TPSA) is 91.4 Å². The van der Waals surface area contributed by atoms with Gasteiger partial charge in [-0.15, -0.1) is 0 Å². The van der Waals surface area contributed by atoms with Crippen LogP contribution in [0.25, 0.3) is 0 Å². The summed E-state index contributed by atoms with van der Waals surface area (Å²) >= 11 is 0. The summed E-state index contributed by atoms with van der Waals surface area (Å²) in [6.07, 6.45) is 1.58. The number of esters is 1. The van der Waals surface area contributed by atoms with Crippen molar-refractivity contribution >= 4 is 11.9 Å². The Morgan fingerprint density at radius 2 is 2.17 bits per heavy atom. The molecule has 0 saturated heterocycles. The lowest BCUT2D eigenvalue weighted by Gasteiger charge is -2.21. The number of rotatable bonds is 6. The molecular weight excluding hydrogens is 236 g/mol. The minimum Gasteiger partial charge on any atom is -0.478 e. The van der Waals surface area contributed by atoms with Gasteiger partial charge in [0, 0.05) is 25.0 Å². The van der Waals surface area contributed by atoms with Crippen LogP contribution in [0.3, 0.4) is 0 Å². The predicted octanol–water partition coefficient (Wildman–Crippen LogP) is 1.00. The van der Waals surface area contributed by atoms with Crippen LogP contribution in [0.1, 0.15) is 29.9 Å². The van der Waals surface area contributed by atoms with Crippen LogP contribution in [0.4, 0.5) is 0 Å². The second kappa shape index (κ2) is 5.68. The number of carbonyl (C=O) groups is 2. The third kappa shape index (κ3) is 3.33. The van der Waals surface area contributed by atoms with E-state index in [1.165, 1.54) is 13.2 Å². The van der Waals surface area contributed by atoms with E-state index in [4.69, 9.17) is 5.11 Å². The summed E-state index contributed by atoms with van der Waals surface area (Å²) in [6.45, 7) is 4.28. The molecule has 1 aromatic rings. The summed E-state index contributed by atoms with van der Waals surface area (Å²) in [5.74, 6) is -1.28. The van der Waals surface area contributed by atoms with E-state index in [9.17, 15) is 9.59 Å². The lowest BCUT2D eigenvalue weighted by Crippen LogP contribution is -2.36. The van der Waals surface area contributed by atoms with Crippen molar-refractivity contribution in [1.82, 2.24) is 10.3 Å². The second-order valence-electron chi connectivity index (χ2n) is 4.65. The average molecular weight is 254 g/mol. The quantitative estimate of drug-likeness (QED) is 0.659. The Morgan fingerprint density at radius 3 is 2.72 bits per heavy atom. The smallest absolute Gasteiger partial charge is 0.337 e. The average Bonchev–Trinajstić information content (AvgIpc) is 2.76. The van der Waals surface area contributed by atoms with Gasteiger partial charge in [-0.1, -0.05) is 0 Å². The van der Waals surface area contributed by atoms with Crippen molar-refractivity contribution in [3.63, 3.8) is 0 Å². The zero-order chi connectivity index (χ0) is 13.8. The highest BCUT2D eigenvalue weighted by Gasteiger charge is 2.28. The van der Waals surface area contributed by atoms with Gasteiger partial charge in [0.25, 0.3) is 0 Å². The molecule has 1 aromatic heterocycles. The number of aromatic amines is 1. The lowest BCUT2D eigenvalue weighted by molar-refractivity contribution is -0.150. The van der Waals surface area contributed by atoms with Crippen molar-refractivity contribution in [3.05, 3.63) is 23.5 Å². The monoisotopic (exact) mass is 254 g/mol. The highest BCUT2D eigenvalue weighted by molar-refractivity contribution is 5.88. The van der Waals surface area contributed by atoms with E-state index in [2.05, 4.69) is 15.0 Å². The van der Waals surface area contributed by atoms with E-state index in [0.717, 1.165) is 0 Å². The number of H-pyrrole nitrogens is 1. The number of carboxylic acids is 1. The first-order valence-electron chi connectivity index (χ1n) is 5.57. The zero-order valence-electron chi connectivity index (χ0n) is 10.7. The molecule has 0 aliphatic rings. The molecule has 0 radical (unpaired) electrons. The largest absolute Gasteiger partial charge is 0.478 e. The van der Waals surface area contributed by atoms with E-state index >= 15 is 0 Å². The van der Waals surface area contributed by atoms with Crippen molar-refractivity contribution in [1.29, 1.82) is 0 Å². The third-order valence-corrected chi connectivity index (χ3v) is 2.67. The Labute approximate surface area is 105 Å². The first-order chi connectivity index (χ1) is 8.38. The minimum atomic E-state index is -0.972. The maximum atomic E-state index is 11.4. The zero-order valence-corrected chi connectivity index (χ0v) is 10.7. The molecule has 1 heterocycles. The third-order valence-electron chi connectivity index (χ3n) is 2.67. The van der Waals surface area contributed by atoms with Gasteiger partial charge < -0.3 is 20.1 Å². The Morgan fingerprint density at radius 1 is 1.50 bits per heavy atom. The van der Waals surface area contributed by atoms with Crippen LogP contribution in [-0.4, -0.2) is 35.7 Å². The van der Waals surface area contributed by atoms with Gasteiger partial charge >= 0.3 is 11.9 Å². The van der Waals surface area contributed by atoms with Gasteiger partial charge in [0.15, 0.2) is 0 Å². The summed E-state index contributed by atoms with van der Waals surface area (Å²) in [7, 11) is 1.34. The fourth-order valence-corrected chi connectivity index (χ4v) is 1.60. The SMILES string of the molecule is COC(=O)C(C)(C)CNCc1[nH]ccc1C(=O)O. The van der Waals surface area contributed by atoms with E-state index in [-0.39, 0.29) is 11.5 Å². The van der Waals surface area contributed by atoms with Gasteiger partial charge in [0.2, 0.25) is 0 Å². The van der Waals surface area contributed by atoms with Crippen LogP contribution >= 0.6 is 0 Å². The van der Waals surface area contributed by atoms with E-state index in [1.807, 2.05) is 0 Å². The molecule has 0 amide bonds. The van der Waals surface area contributed by atoms with Crippen molar-refractivity contribution in [2.75, 3.05) is 13.7 Å². The Balaban J connectivity index is 2.54. The number of aromatic carboxylic acids is 1. The second-order valence-corrected chi connectivity index (χ2v) is 4.65. The number of hydrogen-bond donors (Lipinski definition) is 3. The molecule has 100 valence electrons. The molecule has 0 bridgehead atoms. The Bertz CT molecular complexity index is 437. The highest BCUT2D eigenvalue weighted by Crippen LogP contribution is 2.16. The minimum absolute atomic E-state index is 0.235. The summed E-state index contributed by atoms with van der Waals surface area (Å²) in [4.78, 5) is 25.2. The summed E-state index contributed by atoms with van der Waals surface area (Å²) in [6, 6.07) is 1.50. The van der Waals surface area contributed by atoms with Crippen LogP contribution in [0.15, 0.2) is 12.3 Å². The lowest BCUT2D eigenvalue weighted by atomic mass is 9.94. The molecule has 6 heteroatoms. The van der Waals surface area contributed by atoms with Gasteiger partial charge in [-0.2, -0.15) is 0 Å². The van der Waals surface area contributed by atoms with E-state index in [1.54, 1.807) is 20.0 Å². The number of carbonyl (C=O) groups excluding carboxylic acids is 1. The maximum Gasteiger partial charge on any atom is 0.337 e. The number of nitrogens with one attached hydrogen (secondary N) is 2. The molecule has 0 aliphatic heterocycles. The number of ether oxygens (including phenoxy) is 1. The first kappa shape index (κ1) is 14.2. The molecule has 1 rings (SSSR count). The van der Waals surface area contributed by atoms with Crippen LogP contribution in [0.2, 0.25) is 0 Å². The number of hydrogen-bond acceptors (Lipinski definition) is 4. The van der Waals surface area contributed by atoms with Crippen molar-refractivity contribution in [2.24, 2.45) is 5.41 Å². The Hall–Kier alpha value is -1.82. The molecule has 0 unspecified atom stereocenters. The van der Waals surface area contributed by atoms with Gasteiger partial charge in [-0.3, -0.25) is 4.79 Å². The van der Waals surface area contributed by atoms with Gasteiger partial charge in [-0.05, 0) is 19.9 Å².